The average molecular weight is 214 g/mol. The Morgan fingerprint density at radius 1 is 1.33 bits per heavy atom. The summed E-state index contributed by atoms with van der Waals surface area (Å²) in [7, 11) is 1.68. The molecule has 2 aliphatic rings. The zero-order valence-corrected chi connectivity index (χ0v) is 9.43. The first-order chi connectivity index (χ1) is 7.11. The summed E-state index contributed by atoms with van der Waals surface area (Å²) in [5.74, 6) is 0.101. The van der Waals surface area contributed by atoms with Crippen molar-refractivity contribution in [2.75, 3.05) is 7.11 Å². The lowest BCUT2D eigenvalue weighted by molar-refractivity contribution is -0.148. The summed E-state index contributed by atoms with van der Waals surface area (Å²) in [5, 5.41) is 0. The van der Waals surface area contributed by atoms with Crippen LogP contribution in [0.3, 0.4) is 0 Å². The highest BCUT2D eigenvalue weighted by Crippen LogP contribution is 2.41. The maximum atomic E-state index is 11.0. The maximum Gasteiger partial charge on any atom is 0.302 e. The minimum Gasteiger partial charge on any atom is -0.462 e. The van der Waals surface area contributed by atoms with E-state index in [4.69, 9.17) is 14.2 Å². The third-order valence-electron chi connectivity index (χ3n) is 3.34. The quantitative estimate of drug-likeness (QED) is 0.646. The van der Waals surface area contributed by atoms with E-state index in [1.165, 1.54) is 6.92 Å². The molecule has 0 amide bonds. The van der Waals surface area contributed by atoms with Crippen LogP contribution in [0.15, 0.2) is 0 Å². The number of hydrogen-bond donors (Lipinski definition) is 0. The summed E-state index contributed by atoms with van der Waals surface area (Å²) in [6.07, 6.45) is 2.12. The summed E-state index contributed by atoms with van der Waals surface area (Å²) in [6.45, 7) is 3.50. The van der Waals surface area contributed by atoms with E-state index in [2.05, 4.69) is 6.92 Å². The number of carbonyl (C=O) groups is 1. The van der Waals surface area contributed by atoms with Crippen LogP contribution < -0.4 is 0 Å². The van der Waals surface area contributed by atoms with Crippen LogP contribution in [-0.2, 0) is 19.0 Å². The van der Waals surface area contributed by atoms with Crippen molar-refractivity contribution in [3.8, 4) is 0 Å². The highest BCUT2D eigenvalue weighted by molar-refractivity contribution is 5.66. The van der Waals surface area contributed by atoms with Gasteiger partial charge in [0.25, 0.3) is 0 Å². The van der Waals surface area contributed by atoms with E-state index < -0.39 is 0 Å². The topological polar surface area (TPSA) is 44.8 Å². The number of ether oxygens (including phenoxy) is 3. The van der Waals surface area contributed by atoms with Crippen LogP contribution in [-0.4, -0.2) is 37.5 Å². The van der Waals surface area contributed by atoms with Gasteiger partial charge in [0, 0.05) is 26.4 Å². The first kappa shape index (κ1) is 10.9. The van der Waals surface area contributed by atoms with Gasteiger partial charge in [0.2, 0.25) is 0 Å². The van der Waals surface area contributed by atoms with Crippen molar-refractivity contribution in [2.45, 2.75) is 51.1 Å². The first-order valence-corrected chi connectivity index (χ1v) is 5.47. The highest BCUT2D eigenvalue weighted by Gasteiger charge is 2.50. The van der Waals surface area contributed by atoms with Gasteiger partial charge in [0.15, 0.2) is 0 Å². The number of rotatable bonds is 2. The van der Waals surface area contributed by atoms with Crippen molar-refractivity contribution >= 4 is 5.97 Å². The monoisotopic (exact) mass is 214 g/mol. The molecule has 1 aliphatic heterocycles. The summed E-state index contributed by atoms with van der Waals surface area (Å²) in [4.78, 5) is 11.0. The van der Waals surface area contributed by atoms with Gasteiger partial charge in [-0.2, -0.15) is 0 Å². The molecule has 0 spiro atoms. The summed E-state index contributed by atoms with van der Waals surface area (Å²) in [5.41, 5.74) is 0. The van der Waals surface area contributed by atoms with Crippen molar-refractivity contribution < 1.29 is 19.0 Å². The number of carbonyl (C=O) groups excluding carboxylic acids is 1. The van der Waals surface area contributed by atoms with Crippen LogP contribution >= 0.6 is 0 Å². The number of esters is 1. The van der Waals surface area contributed by atoms with E-state index in [1.807, 2.05) is 0 Å². The number of fused-ring (bicyclic) bond motifs is 1. The van der Waals surface area contributed by atoms with E-state index >= 15 is 0 Å². The Hall–Kier alpha value is -0.610. The summed E-state index contributed by atoms with van der Waals surface area (Å²) in [6, 6.07) is 0. The summed E-state index contributed by atoms with van der Waals surface area (Å²) < 4.78 is 16.5. The third kappa shape index (κ3) is 2.01. The Morgan fingerprint density at radius 2 is 2.07 bits per heavy atom. The normalized spacial score (nSPS) is 44.1. The molecule has 0 N–H and O–H groups in total. The van der Waals surface area contributed by atoms with E-state index in [0.29, 0.717) is 5.92 Å². The molecule has 2 rings (SSSR count). The van der Waals surface area contributed by atoms with Gasteiger partial charge in [0.05, 0.1) is 18.3 Å². The van der Waals surface area contributed by atoms with Crippen LogP contribution in [0.25, 0.3) is 0 Å². The molecule has 15 heavy (non-hydrogen) atoms. The molecule has 4 nitrogen and oxygen atoms in total. The Morgan fingerprint density at radius 3 is 2.67 bits per heavy atom. The molecule has 1 aliphatic carbocycles. The van der Waals surface area contributed by atoms with Crippen molar-refractivity contribution in [3.05, 3.63) is 0 Å². The van der Waals surface area contributed by atoms with E-state index in [0.717, 1.165) is 12.8 Å². The second-order valence-corrected chi connectivity index (χ2v) is 4.47. The molecule has 2 fully saturated rings. The average Bonchev–Trinajstić information content (AvgIpc) is 2.64. The predicted molar refractivity (Wildman–Crippen MR) is 53.4 cm³/mol. The van der Waals surface area contributed by atoms with Crippen molar-refractivity contribution in [3.63, 3.8) is 0 Å². The largest absolute Gasteiger partial charge is 0.462 e. The first-order valence-electron chi connectivity index (χ1n) is 5.47. The smallest absolute Gasteiger partial charge is 0.302 e. The second kappa shape index (κ2) is 4.10. The standard InChI is InChI=1S/C11H18O4/c1-6-4-8-9(15-7(2)12)5-10(13-3)11(8)14-6/h6,8-11H,4-5H2,1-3H3/t6-,8+,9-,10-,11+/m1/s1. The molecule has 1 saturated carbocycles. The zero-order chi connectivity index (χ0) is 11.0. The predicted octanol–water partition coefficient (Wildman–Crippen LogP) is 1.13. The molecule has 0 aromatic carbocycles. The van der Waals surface area contributed by atoms with E-state index in [1.54, 1.807) is 7.11 Å². The number of hydrogen-bond acceptors (Lipinski definition) is 4. The van der Waals surface area contributed by atoms with Gasteiger partial charge in [-0.3, -0.25) is 4.79 Å². The van der Waals surface area contributed by atoms with Gasteiger partial charge in [-0.25, -0.2) is 0 Å². The molecule has 5 atom stereocenters. The van der Waals surface area contributed by atoms with Crippen LogP contribution in [0.4, 0.5) is 0 Å². The summed E-state index contributed by atoms with van der Waals surface area (Å²) >= 11 is 0. The molecule has 0 bridgehead atoms. The molecule has 0 aromatic rings. The van der Waals surface area contributed by atoms with Gasteiger partial charge >= 0.3 is 5.97 Å². The lowest BCUT2D eigenvalue weighted by Gasteiger charge is -2.16. The highest BCUT2D eigenvalue weighted by atomic mass is 16.6. The van der Waals surface area contributed by atoms with Crippen LogP contribution in [0, 0.1) is 5.92 Å². The van der Waals surface area contributed by atoms with Crippen molar-refractivity contribution in [2.24, 2.45) is 5.92 Å². The third-order valence-corrected chi connectivity index (χ3v) is 3.34. The Balaban J connectivity index is 2.05. The lowest BCUT2D eigenvalue weighted by Crippen LogP contribution is -2.26. The molecule has 1 heterocycles. The van der Waals surface area contributed by atoms with E-state index in [-0.39, 0.29) is 30.4 Å². The SMILES string of the molecule is CO[C@@H]1C[C@@H](OC(C)=O)[C@@H]2C[C@@H](C)O[C@@H]21. The zero-order valence-electron chi connectivity index (χ0n) is 9.43. The van der Waals surface area contributed by atoms with Crippen LogP contribution in [0.5, 0.6) is 0 Å². The lowest BCUT2D eigenvalue weighted by atomic mass is 10.00. The number of methoxy groups -OCH3 is 1. The molecular formula is C11H18O4. The second-order valence-electron chi connectivity index (χ2n) is 4.47. The Bertz CT molecular complexity index is 253. The van der Waals surface area contributed by atoms with Gasteiger partial charge in [-0.1, -0.05) is 0 Å². The molecule has 0 unspecified atom stereocenters. The van der Waals surface area contributed by atoms with E-state index in [9.17, 15) is 4.79 Å². The molecule has 0 radical (unpaired) electrons. The molecule has 1 saturated heterocycles. The fourth-order valence-electron chi connectivity index (χ4n) is 2.79. The van der Waals surface area contributed by atoms with Crippen LogP contribution in [0.2, 0.25) is 0 Å². The minimum absolute atomic E-state index is 0.0256. The maximum absolute atomic E-state index is 11.0. The molecule has 0 aromatic heterocycles. The fourth-order valence-corrected chi connectivity index (χ4v) is 2.79. The Labute approximate surface area is 89.9 Å². The molecule has 4 heteroatoms. The Kier molecular flexibility index (Phi) is 2.98. The molecule has 86 valence electrons. The fraction of sp³-hybridized carbons (Fsp3) is 0.909. The van der Waals surface area contributed by atoms with Crippen molar-refractivity contribution in [1.29, 1.82) is 0 Å². The van der Waals surface area contributed by atoms with Gasteiger partial charge in [0.1, 0.15) is 6.10 Å². The van der Waals surface area contributed by atoms with Crippen LogP contribution in [0.1, 0.15) is 26.7 Å². The molecular weight excluding hydrogens is 196 g/mol. The van der Waals surface area contributed by atoms with Crippen molar-refractivity contribution in [1.82, 2.24) is 0 Å². The minimum atomic E-state index is -0.213. The van der Waals surface area contributed by atoms with Gasteiger partial charge in [-0.05, 0) is 13.3 Å². The van der Waals surface area contributed by atoms with Gasteiger partial charge < -0.3 is 14.2 Å². The van der Waals surface area contributed by atoms with Gasteiger partial charge in [-0.15, -0.1) is 0 Å².